The second kappa shape index (κ2) is 12.6. The molecule has 2 unspecified atom stereocenters. The predicted molar refractivity (Wildman–Crippen MR) is 140 cm³/mol. The average Bonchev–Trinajstić information content (AvgIpc) is 3.35. The maximum atomic E-state index is 12.3. The van der Waals surface area contributed by atoms with Crippen molar-refractivity contribution < 1.29 is 28.7 Å². The van der Waals surface area contributed by atoms with Crippen molar-refractivity contribution in [2.45, 2.75) is 100 Å². The molecule has 0 aliphatic carbocycles. The van der Waals surface area contributed by atoms with Crippen molar-refractivity contribution in [2.24, 2.45) is 0 Å². The van der Waals surface area contributed by atoms with Crippen molar-refractivity contribution in [1.82, 2.24) is 4.90 Å². The fourth-order valence-corrected chi connectivity index (χ4v) is 7.59. The number of hydrogen-bond donors (Lipinski definition) is 1. The number of carbonyl (C=O) groups is 2. The third-order valence-corrected chi connectivity index (χ3v) is 9.92. The Kier molecular flexibility index (Phi) is 10.1. The van der Waals surface area contributed by atoms with Gasteiger partial charge in [-0.1, -0.05) is 49.8 Å². The van der Waals surface area contributed by atoms with E-state index in [1.165, 1.54) is 42.6 Å². The van der Waals surface area contributed by atoms with E-state index in [-0.39, 0.29) is 21.3 Å². The highest BCUT2D eigenvalue weighted by molar-refractivity contribution is 8.01. The van der Waals surface area contributed by atoms with E-state index < -0.39 is 23.2 Å². The molecule has 2 saturated heterocycles. The second-order valence-electron chi connectivity index (χ2n) is 9.98. The van der Waals surface area contributed by atoms with Gasteiger partial charge in [0.2, 0.25) is 12.7 Å². The van der Waals surface area contributed by atoms with Crippen molar-refractivity contribution in [3.8, 4) is 11.5 Å². The summed E-state index contributed by atoms with van der Waals surface area (Å²) in [5.74, 6) is 1.53. The molecule has 3 aliphatic heterocycles. The molecule has 3 heterocycles. The van der Waals surface area contributed by atoms with E-state index in [1.807, 2.05) is 32.0 Å². The number of fused-ring (bicyclic) bond motifs is 2. The predicted octanol–water partition coefficient (Wildman–Crippen LogP) is 4.98. The standard InChI is InChI=1S/C18H28O3S.C8H11NO3S/c1-3-4-5-6-7-8-11-22(19)15(2)12-16-9-10-17-18(13-16)21-14-20-17;1-8(2)6(7(11)12)9-4(10)3-5(9)13-8/h9-10,13,15H,3-8,11-12,14H2,1-2H3;5-6H,3H2,1-2H3,(H,11,12)/t;5-,6+/m.1/s1. The van der Waals surface area contributed by atoms with Crippen LogP contribution in [0, 0.1) is 0 Å². The van der Waals surface area contributed by atoms with Crippen LogP contribution in [0.1, 0.15) is 78.2 Å². The van der Waals surface area contributed by atoms with Crippen LogP contribution in [0.4, 0.5) is 0 Å². The lowest BCUT2D eigenvalue weighted by Gasteiger charge is -2.36. The van der Waals surface area contributed by atoms with Gasteiger partial charge in [0.1, 0.15) is 17.0 Å². The molecule has 0 radical (unpaired) electrons. The Bertz CT molecular complexity index is 879. The van der Waals surface area contributed by atoms with E-state index in [2.05, 4.69) is 13.8 Å². The van der Waals surface area contributed by atoms with Crippen molar-refractivity contribution >= 4 is 34.8 Å². The molecular weight excluding hydrogens is 486 g/mol. The van der Waals surface area contributed by atoms with Gasteiger partial charge in [0, 0.05) is 11.2 Å². The van der Waals surface area contributed by atoms with Crippen molar-refractivity contribution in [3.05, 3.63) is 23.8 Å². The molecule has 1 N–H and O–H groups in total. The number of carboxylic acids is 1. The number of nitrogens with zero attached hydrogens (tertiary/aromatic N) is 1. The number of benzene rings is 1. The highest BCUT2D eigenvalue weighted by atomic mass is 32.2. The number of amides is 1. The molecule has 9 heteroatoms. The minimum absolute atomic E-state index is 0.0320. The molecule has 1 amide bonds. The van der Waals surface area contributed by atoms with E-state index in [4.69, 9.17) is 14.6 Å². The van der Waals surface area contributed by atoms with E-state index in [9.17, 15) is 14.1 Å². The highest BCUT2D eigenvalue weighted by Crippen LogP contribution is 2.50. The van der Waals surface area contributed by atoms with Gasteiger partial charge < -0.3 is 24.0 Å². The summed E-state index contributed by atoms with van der Waals surface area (Å²) in [6, 6.07) is 5.36. The summed E-state index contributed by atoms with van der Waals surface area (Å²) in [6.45, 7) is 8.37. The summed E-state index contributed by atoms with van der Waals surface area (Å²) >= 11 is 0.839. The molecule has 2 fully saturated rings. The van der Waals surface area contributed by atoms with Gasteiger partial charge in [0.25, 0.3) is 0 Å². The summed E-state index contributed by atoms with van der Waals surface area (Å²) in [4.78, 5) is 23.6. The lowest BCUT2D eigenvalue weighted by Crippen LogP contribution is -2.56. The number of aliphatic carboxylic acids is 1. The number of rotatable bonds is 11. The normalized spacial score (nSPS) is 23.1. The number of hydrogen-bond acceptors (Lipinski definition) is 6. The van der Waals surface area contributed by atoms with Crippen LogP contribution < -0.4 is 9.47 Å². The number of ether oxygens (including phenoxy) is 2. The zero-order chi connectivity index (χ0) is 25.6. The van der Waals surface area contributed by atoms with Gasteiger partial charge in [0.05, 0.1) is 11.8 Å². The quantitative estimate of drug-likeness (QED) is 0.247. The zero-order valence-corrected chi connectivity index (χ0v) is 22.9. The minimum atomic E-state index is -0.895. The van der Waals surface area contributed by atoms with Crippen LogP contribution in [0.2, 0.25) is 0 Å². The van der Waals surface area contributed by atoms with Crippen LogP contribution >= 0.6 is 11.8 Å². The summed E-state index contributed by atoms with van der Waals surface area (Å²) in [7, 11) is 0. The molecule has 0 spiro atoms. The monoisotopic (exact) mass is 525 g/mol. The van der Waals surface area contributed by atoms with E-state index in [0.29, 0.717) is 13.2 Å². The first-order chi connectivity index (χ1) is 16.6. The second-order valence-corrected chi connectivity index (χ2v) is 13.8. The van der Waals surface area contributed by atoms with Gasteiger partial charge in [-0.2, -0.15) is 0 Å². The highest BCUT2D eigenvalue weighted by Gasteiger charge is 2.58. The topological polar surface area (TPSA) is 99.1 Å². The first kappa shape index (κ1) is 28.0. The number of β-lactam (4-membered cyclic amide) rings is 1. The molecular formula is C26H39NO6S2. The first-order valence-electron chi connectivity index (χ1n) is 12.6. The lowest BCUT2D eigenvalue weighted by atomic mass is 9.98. The summed E-state index contributed by atoms with van der Waals surface area (Å²) in [6.07, 6.45) is 8.82. The Hall–Kier alpha value is -1.58. The van der Waals surface area contributed by atoms with Crippen LogP contribution in [0.15, 0.2) is 18.2 Å². The van der Waals surface area contributed by atoms with Crippen LogP contribution in [0.3, 0.4) is 0 Å². The molecule has 4 atom stereocenters. The average molecular weight is 526 g/mol. The van der Waals surface area contributed by atoms with Gasteiger partial charge in [-0.15, -0.1) is 11.8 Å². The molecule has 35 heavy (non-hydrogen) atoms. The number of carboxylic acid groups (broad SMARTS) is 1. The first-order valence-corrected chi connectivity index (χ1v) is 14.9. The van der Waals surface area contributed by atoms with Crippen molar-refractivity contribution in [3.63, 3.8) is 0 Å². The molecule has 4 rings (SSSR count). The Morgan fingerprint density at radius 2 is 1.91 bits per heavy atom. The van der Waals surface area contributed by atoms with Crippen LogP contribution in [0.25, 0.3) is 0 Å². The van der Waals surface area contributed by atoms with Crippen molar-refractivity contribution in [2.75, 3.05) is 12.5 Å². The molecule has 7 nitrogen and oxygen atoms in total. The lowest BCUT2D eigenvalue weighted by molar-refractivity contribution is -0.157. The Morgan fingerprint density at radius 1 is 1.23 bits per heavy atom. The van der Waals surface area contributed by atoms with Crippen LogP contribution in [-0.2, 0) is 27.2 Å². The molecule has 196 valence electrons. The maximum absolute atomic E-state index is 12.3. The van der Waals surface area contributed by atoms with Gasteiger partial charge in [-0.05, 0) is 51.3 Å². The van der Waals surface area contributed by atoms with Gasteiger partial charge in [-0.25, -0.2) is 4.79 Å². The van der Waals surface area contributed by atoms with Gasteiger partial charge >= 0.3 is 5.97 Å². The molecule has 1 aromatic carbocycles. The van der Waals surface area contributed by atoms with Crippen molar-refractivity contribution in [1.29, 1.82) is 0 Å². The SMILES string of the molecule is CC1(C)S[C@@H]2CC(=O)N2[C@H]1C(=O)O.CCCCCCCC[S+]([O-])C(C)Cc1ccc2c(c1)OCO2. The molecule has 1 aromatic rings. The Balaban J connectivity index is 0.000000223. The number of unbranched alkanes of at least 4 members (excludes halogenated alkanes) is 5. The van der Waals surface area contributed by atoms with Gasteiger partial charge in [0.15, 0.2) is 11.5 Å². The Labute approximate surface area is 216 Å². The summed E-state index contributed by atoms with van der Waals surface area (Å²) in [5, 5.41) is 9.27. The number of thioether (sulfide) groups is 1. The zero-order valence-electron chi connectivity index (χ0n) is 21.3. The summed E-state index contributed by atoms with van der Waals surface area (Å²) in [5.41, 5.74) is 1.17. The van der Waals surface area contributed by atoms with E-state index in [0.717, 1.165) is 30.1 Å². The molecule has 0 saturated carbocycles. The molecule has 0 bridgehead atoms. The Morgan fingerprint density at radius 3 is 2.57 bits per heavy atom. The number of carbonyl (C=O) groups excluding carboxylic acids is 1. The van der Waals surface area contributed by atoms with E-state index in [1.54, 1.807) is 11.8 Å². The van der Waals surface area contributed by atoms with E-state index >= 15 is 0 Å². The smallest absolute Gasteiger partial charge is 0.327 e. The molecule has 0 aromatic heterocycles. The van der Waals surface area contributed by atoms with Gasteiger partial charge in [-0.3, -0.25) is 4.79 Å². The fourth-order valence-electron chi connectivity index (χ4n) is 4.70. The summed E-state index contributed by atoms with van der Waals surface area (Å²) < 4.78 is 22.7. The third kappa shape index (κ3) is 7.23. The largest absolute Gasteiger partial charge is 0.616 e. The minimum Gasteiger partial charge on any atom is -0.616 e. The van der Waals surface area contributed by atoms with Crippen LogP contribution in [0.5, 0.6) is 11.5 Å². The molecule has 3 aliphatic rings. The van der Waals surface area contributed by atoms with Crippen LogP contribution in [-0.4, -0.2) is 60.4 Å². The fraction of sp³-hybridized carbons (Fsp3) is 0.692. The maximum Gasteiger partial charge on any atom is 0.327 e. The third-order valence-electron chi connectivity index (χ3n) is 6.67.